The Morgan fingerprint density at radius 3 is 2.67 bits per heavy atom. The van der Waals surface area contributed by atoms with Crippen molar-refractivity contribution in [3.63, 3.8) is 0 Å². The Labute approximate surface area is 163 Å². The molecule has 0 bridgehead atoms. The third-order valence-electron chi connectivity index (χ3n) is 4.63. The smallest absolute Gasteiger partial charge is 0.337 e. The summed E-state index contributed by atoms with van der Waals surface area (Å²) in [5.41, 5.74) is -0.598. The van der Waals surface area contributed by atoms with Gasteiger partial charge in [0, 0.05) is 22.4 Å². The fourth-order valence-corrected chi connectivity index (χ4v) is 3.54. The Hall–Kier alpha value is -1.82. The molecule has 0 atom stereocenters. The third-order valence-corrected chi connectivity index (χ3v) is 5.78. The summed E-state index contributed by atoms with van der Waals surface area (Å²) < 4.78 is 23.7. The van der Waals surface area contributed by atoms with E-state index >= 15 is 0 Å². The van der Waals surface area contributed by atoms with E-state index in [0.29, 0.717) is 6.61 Å². The molecule has 4 nitrogen and oxygen atoms in total. The largest absolute Gasteiger partial charge is 0.465 e. The van der Waals surface area contributed by atoms with Gasteiger partial charge < -0.3 is 9.15 Å². The van der Waals surface area contributed by atoms with Gasteiger partial charge in [0.15, 0.2) is 0 Å². The Kier molecular flexibility index (Phi) is 7.90. The second kappa shape index (κ2) is 9.93. The van der Waals surface area contributed by atoms with Crippen LogP contribution in [0.25, 0.3) is 11.0 Å². The van der Waals surface area contributed by atoms with Crippen LogP contribution in [-0.4, -0.2) is 18.3 Å². The van der Waals surface area contributed by atoms with Crippen LogP contribution in [0.2, 0.25) is 0 Å². The molecule has 0 unspecified atom stereocenters. The van der Waals surface area contributed by atoms with E-state index in [2.05, 4.69) is 0 Å². The maximum atomic E-state index is 13.3. The van der Waals surface area contributed by atoms with E-state index in [1.165, 1.54) is 18.2 Å². The van der Waals surface area contributed by atoms with Crippen molar-refractivity contribution in [2.75, 3.05) is 12.4 Å². The number of rotatable bonds is 10. The Morgan fingerprint density at radius 2 is 1.93 bits per heavy atom. The first-order chi connectivity index (χ1) is 12.8. The van der Waals surface area contributed by atoms with Crippen LogP contribution in [0.4, 0.5) is 4.39 Å². The van der Waals surface area contributed by atoms with Crippen LogP contribution in [0, 0.1) is 11.2 Å². The predicted octanol–water partition coefficient (Wildman–Crippen LogP) is 5.56. The number of fused-ring (bicyclic) bond motifs is 1. The van der Waals surface area contributed by atoms with Gasteiger partial charge in [-0.3, -0.25) is 4.79 Å². The van der Waals surface area contributed by atoms with Crippen molar-refractivity contribution in [3.05, 3.63) is 40.5 Å². The fraction of sp³-hybridized carbons (Fsp3) is 0.524. The van der Waals surface area contributed by atoms with Crippen LogP contribution in [0.3, 0.4) is 0 Å². The van der Waals surface area contributed by atoms with Crippen molar-refractivity contribution >= 4 is 28.7 Å². The highest BCUT2D eigenvalue weighted by Crippen LogP contribution is 2.28. The monoisotopic (exact) mass is 394 g/mol. The molecule has 1 aromatic carbocycles. The van der Waals surface area contributed by atoms with Gasteiger partial charge in [-0.2, -0.15) is 0 Å². The van der Waals surface area contributed by atoms with Gasteiger partial charge >= 0.3 is 11.6 Å². The van der Waals surface area contributed by atoms with Gasteiger partial charge in [0.05, 0.1) is 12.0 Å². The Bertz CT molecular complexity index is 829. The van der Waals surface area contributed by atoms with Crippen molar-refractivity contribution in [3.8, 4) is 0 Å². The minimum absolute atomic E-state index is 0.133. The van der Waals surface area contributed by atoms with Crippen LogP contribution >= 0.6 is 11.8 Å². The summed E-state index contributed by atoms with van der Waals surface area (Å²) in [6.45, 7) is 6.24. The second-order valence-corrected chi connectivity index (χ2v) is 8.34. The van der Waals surface area contributed by atoms with E-state index in [1.54, 1.807) is 17.8 Å². The standard InChI is InChI=1S/C21H27FO4S/c1-4-21(2,3)20(24)25-11-7-5-6-8-12-27-18-14-19(23)26-17-13-15(22)9-10-16(17)18/h9-10,13-14H,4-8,11-12H2,1-3H3. The van der Waals surface area contributed by atoms with Crippen LogP contribution in [-0.2, 0) is 9.53 Å². The highest BCUT2D eigenvalue weighted by atomic mass is 32.2. The molecular weight excluding hydrogens is 367 g/mol. The molecule has 0 spiro atoms. The number of ether oxygens (including phenoxy) is 1. The number of halogens is 1. The first-order valence-electron chi connectivity index (χ1n) is 9.37. The normalized spacial score (nSPS) is 11.7. The molecule has 0 N–H and O–H groups in total. The lowest BCUT2D eigenvalue weighted by atomic mass is 9.91. The minimum atomic E-state index is -0.465. The van der Waals surface area contributed by atoms with Gasteiger partial charge in [-0.05, 0) is 51.0 Å². The molecule has 0 saturated carbocycles. The van der Waals surface area contributed by atoms with E-state index in [4.69, 9.17) is 9.15 Å². The molecule has 0 fully saturated rings. The van der Waals surface area contributed by atoms with E-state index < -0.39 is 16.9 Å². The number of hydrogen-bond acceptors (Lipinski definition) is 5. The summed E-state index contributed by atoms with van der Waals surface area (Å²) in [7, 11) is 0. The fourth-order valence-electron chi connectivity index (χ4n) is 2.47. The van der Waals surface area contributed by atoms with E-state index in [0.717, 1.165) is 48.1 Å². The zero-order valence-electron chi connectivity index (χ0n) is 16.2. The molecule has 1 aromatic heterocycles. The molecule has 0 aliphatic heterocycles. The lowest BCUT2D eigenvalue weighted by Crippen LogP contribution is -2.26. The molecule has 0 radical (unpaired) electrons. The number of carbonyl (C=O) groups is 1. The van der Waals surface area contributed by atoms with Crippen molar-refractivity contribution in [2.24, 2.45) is 5.41 Å². The lowest BCUT2D eigenvalue weighted by molar-refractivity contribution is -0.154. The quantitative estimate of drug-likeness (QED) is 0.228. The first-order valence-corrected chi connectivity index (χ1v) is 10.4. The number of esters is 1. The lowest BCUT2D eigenvalue weighted by Gasteiger charge is -2.20. The summed E-state index contributed by atoms with van der Waals surface area (Å²) >= 11 is 1.58. The van der Waals surface area contributed by atoms with Crippen molar-refractivity contribution in [1.29, 1.82) is 0 Å². The van der Waals surface area contributed by atoms with Gasteiger partial charge in [0.1, 0.15) is 11.4 Å². The van der Waals surface area contributed by atoms with Crippen LogP contribution in [0.15, 0.2) is 38.4 Å². The van der Waals surface area contributed by atoms with Gasteiger partial charge in [-0.15, -0.1) is 11.8 Å². The summed E-state index contributed by atoms with van der Waals surface area (Å²) in [6.07, 6.45) is 4.62. The average molecular weight is 395 g/mol. The first kappa shape index (κ1) is 21.5. The Morgan fingerprint density at radius 1 is 1.19 bits per heavy atom. The topological polar surface area (TPSA) is 56.5 Å². The molecule has 0 saturated heterocycles. The van der Waals surface area contributed by atoms with Crippen LogP contribution < -0.4 is 5.63 Å². The predicted molar refractivity (Wildman–Crippen MR) is 107 cm³/mol. The zero-order valence-corrected chi connectivity index (χ0v) is 17.0. The van der Waals surface area contributed by atoms with Crippen molar-refractivity contribution < 1.29 is 18.3 Å². The summed E-state index contributed by atoms with van der Waals surface area (Å²) in [4.78, 5) is 24.3. The highest BCUT2D eigenvalue weighted by molar-refractivity contribution is 7.99. The highest BCUT2D eigenvalue weighted by Gasteiger charge is 2.26. The number of unbranched alkanes of at least 4 members (excludes halogenated alkanes) is 3. The molecule has 1 heterocycles. The number of carbonyl (C=O) groups excluding carboxylic acids is 1. The molecular formula is C21H27FO4S. The molecule has 2 aromatic rings. The van der Waals surface area contributed by atoms with Crippen LogP contribution in [0.5, 0.6) is 0 Å². The number of benzene rings is 1. The molecule has 6 heteroatoms. The minimum Gasteiger partial charge on any atom is -0.465 e. The zero-order chi connectivity index (χ0) is 19.9. The van der Waals surface area contributed by atoms with Crippen molar-refractivity contribution in [1.82, 2.24) is 0 Å². The van der Waals surface area contributed by atoms with Gasteiger partial charge in [-0.1, -0.05) is 19.8 Å². The third kappa shape index (κ3) is 6.38. The molecule has 0 aliphatic rings. The number of hydrogen-bond donors (Lipinski definition) is 0. The molecule has 2 rings (SSSR count). The maximum absolute atomic E-state index is 13.3. The van der Waals surface area contributed by atoms with Crippen LogP contribution in [0.1, 0.15) is 52.9 Å². The number of thioether (sulfide) groups is 1. The van der Waals surface area contributed by atoms with Gasteiger partial charge in [0.25, 0.3) is 0 Å². The molecule has 0 aliphatic carbocycles. The van der Waals surface area contributed by atoms with Gasteiger partial charge in [-0.25, -0.2) is 9.18 Å². The summed E-state index contributed by atoms with van der Waals surface area (Å²) in [5, 5.41) is 0.756. The molecule has 0 amide bonds. The molecule has 148 valence electrons. The average Bonchev–Trinajstić information content (AvgIpc) is 2.62. The van der Waals surface area contributed by atoms with E-state index in [1.807, 2.05) is 20.8 Å². The second-order valence-electron chi connectivity index (χ2n) is 7.21. The van der Waals surface area contributed by atoms with Crippen molar-refractivity contribution in [2.45, 2.75) is 57.8 Å². The van der Waals surface area contributed by atoms with Gasteiger partial charge in [0.2, 0.25) is 0 Å². The summed E-state index contributed by atoms with van der Waals surface area (Å²) in [5.74, 6) is 0.307. The Balaban J connectivity index is 1.70. The maximum Gasteiger partial charge on any atom is 0.337 e. The summed E-state index contributed by atoms with van der Waals surface area (Å²) in [6, 6.07) is 5.71. The SMILES string of the molecule is CCC(C)(C)C(=O)OCCCCCCSc1cc(=O)oc2cc(F)ccc12. The van der Waals surface area contributed by atoms with E-state index in [-0.39, 0.29) is 11.6 Å². The van der Waals surface area contributed by atoms with E-state index in [9.17, 15) is 14.0 Å². The molecule has 27 heavy (non-hydrogen) atoms.